The van der Waals surface area contributed by atoms with Gasteiger partial charge < -0.3 is 29.2 Å². The maximum absolute atomic E-state index is 10.4. The summed E-state index contributed by atoms with van der Waals surface area (Å²) in [6.45, 7) is 0. The number of methoxy groups -OCH3 is 4. The number of phenols is 2. The van der Waals surface area contributed by atoms with Crippen LogP contribution in [-0.4, -0.2) is 51.1 Å². The largest absolute Gasteiger partial charge is 0.507 e. The van der Waals surface area contributed by atoms with Gasteiger partial charge in [-0.25, -0.2) is 0 Å². The van der Waals surface area contributed by atoms with E-state index in [2.05, 4.69) is 0 Å². The van der Waals surface area contributed by atoms with Crippen molar-refractivity contribution < 1.29 is 29.2 Å². The van der Waals surface area contributed by atoms with Crippen LogP contribution < -0.4 is 18.9 Å². The number of ether oxygens (including phenoxy) is 4. The third-order valence-corrected chi connectivity index (χ3v) is 6.35. The molecule has 4 aromatic rings. The average molecular weight is 541 g/mol. The van der Waals surface area contributed by atoms with Gasteiger partial charge in [-0.1, -0.05) is 24.3 Å². The van der Waals surface area contributed by atoms with Crippen molar-refractivity contribution in [3.8, 4) is 34.5 Å². The number of hydrogen-bond acceptors (Lipinski definition) is 8. The standard InChI is InChI=1S/C32H32N2O6/c1-37-25-13-23(14-26(17-25)38-2)31(33-19-21-9-5-7-11-29(21)35)32(34-20-22-10-6-8-12-30(22)36)24-15-27(39-3)18-28(16-24)40-4/h5-20,31-32,35-36H,1-4H3/t31-,32-/m0/s1. The van der Waals surface area contributed by atoms with E-state index in [9.17, 15) is 10.2 Å². The van der Waals surface area contributed by atoms with E-state index in [-0.39, 0.29) is 11.5 Å². The van der Waals surface area contributed by atoms with Gasteiger partial charge in [-0.15, -0.1) is 0 Å². The molecule has 8 nitrogen and oxygen atoms in total. The number of aliphatic imine (C=N–C) groups is 2. The van der Waals surface area contributed by atoms with Crippen LogP contribution in [0.4, 0.5) is 0 Å². The zero-order valence-corrected chi connectivity index (χ0v) is 22.8. The molecule has 0 aliphatic heterocycles. The number of para-hydroxylation sites is 2. The zero-order valence-electron chi connectivity index (χ0n) is 22.8. The Labute approximate surface area is 233 Å². The Morgan fingerprint density at radius 2 is 0.850 bits per heavy atom. The van der Waals surface area contributed by atoms with Crippen LogP contribution in [-0.2, 0) is 0 Å². The van der Waals surface area contributed by atoms with Crippen molar-refractivity contribution in [2.75, 3.05) is 28.4 Å². The van der Waals surface area contributed by atoms with Crippen molar-refractivity contribution in [3.05, 3.63) is 107 Å². The molecule has 4 aromatic carbocycles. The number of hydrogen-bond donors (Lipinski definition) is 2. The number of aromatic hydroxyl groups is 2. The summed E-state index contributed by atoms with van der Waals surface area (Å²) in [6.07, 6.45) is 3.23. The van der Waals surface area contributed by atoms with E-state index >= 15 is 0 Å². The lowest BCUT2D eigenvalue weighted by Crippen LogP contribution is -2.10. The summed E-state index contributed by atoms with van der Waals surface area (Å²) in [6, 6.07) is 23.7. The van der Waals surface area contributed by atoms with Crippen LogP contribution in [0.15, 0.2) is 94.9 Å². The average Bonchev–Trinajstić information content (AvgIpc) is 2.99. The highest BCUT2D eigenvalue weighted by atomic mass is 16.5. The smallest absolute Gasteiger partial charge is 0.124 e. The monoisotopic (exact) mass is 540 g/mol. The molecule has 0 aliphatic rings. The normalized spacial score (nSPS) is 12.8. The Morgan fingerprint density at radius 1 is 0.525 bits per heavy atom. The molecule has 0 heterocycles. The Bertz CT molecular complexity index is 1340. The Balaban J connectivity index is 1.95. The van der Waals surface area contributed by atoms with Gasteiger partial charge in [0.05, 0.1) is 28.4 Å². The lowest BCUT2D eigenvalue weighted by molar-refractivity contribution is 0.389. The molecule has 0 bridgehead atoms. The molecule has 2 atom stereocenters. The molecule has 0 aromatic heterocycles. The fourth-order valence-electron chi connectivity index (χ4n) is 4.21. The van der Waals surface area contributed by atoms with Crippen LogP contribution in [0.25, 0.3) is 0 Å². The molecule has 8 heteroatoms. The first kappa shape index (κ1) is 28.0. The van der Waals surface area contributed by atoms with E-state index in [0.717, 1.165) is 11.1 Å². The molecular formula is C32H32N2O6. The number of nitrogens with zero attached hydrogens (tertiary/aromatic N) is 2. The minimum Gasteiger partial charge on any atom is -0.507 e. The molecular weight excluding hydrogens is 508 g/mol. The van der Waals surface area contributed by atoms with Crippen molar-refractivity contribution >= 4 is 12.4 Å². The predicted molar refractivity (Wildman–Crippen MR) is 156 cm³/mol. The van der Waals surface area contributed by atoms with Crippen molar-refractivity contribution in [1.82, 2.24) is 0 Å². The first-order valence-corrected chi connectivity index (χ1v) is 12.5. The van der Waals surface area contributed by atoms with Gasteiger partial charge in [-0.05, 0) is 59.7 Å². The summed E-state index contributed by atoms with van der Waals surface area (Å²) >= 11 is 0. The van der Waals surface area contributed by atoms with E-state index in [1.807, 2.05) is 36.4 Å². The Morgan fingerprint density at radius 3 is 1.15 bits per heavy atom. The fraction of sp³-hybridized carbons (Fsp3) is 0.188. The second-order valence-corrected chi connectivity index (χ2v) is 8.86. The molecule has 206 valence electrons. The van der Waals surface area contributed by atoms with Gasteiger partial charge in [0.25, 0.3) is 0 Å². The van der Waals surface area contributed by atoms with Crippen molar-refractivity contribution in [2.24, 2.45) is 9.98 Å². The third-order valence-electron chi connectivity index (χ3n) is 6.35. The van der Waals surface area contributed by atoms with Crippen LogP contribution in [0.2, 0.25) is 0 Å². The van der Waals surface area contributed by atoms with Gasteiger partial charge in [0.15, 0.2) is 0 Å². The molecule has 0 radical (unpaired) electrons. The van der Waals surface area contributed by atoms with Crippen LogP contribution in [0.1, 0.15) is 34.3 Å². The number of phenolic OH excluding ortho intramolecular Hbond substituents is 2. The highest BCUT2D eigenvalue weighted by Gasteiger charge is 2.26. The summed E-state index contributed by atoms with van der Waals surface area (Å²) in [4.78, 5) is 9.89. The summed E-state index contributed by atoms with van der Waals surface area (Å²) in [5.74, 6) is 2.55. The van der Waals surface area contributed by atoms with Crippen molar-refractivity contribution in [3.63, 3.8) is 0 Å². The van der Waals surface area contributed by atoms with E-state index in [0.29, 0.717) is 34.1 Å². The highest BCUT2D eigenvalue weighted by molar-refractivity contribution is 5.84. The van der Waals surface area contributed by atoms with Gasteiger partial charge >= 0.3 is 0 Å². The van der Waals surface area contributed by atoms with Gasteiger partial charge in [-0.3, -0.25) is 9.98 Å². The zero-order chi connectivity index (χ0) is 28.5. The van der Waals surface area contributed by atoms with Crippen molar-refractivity contribution in [1.29, 1.82) is 0 Å². The lowest BCUT2D eigenvalue weighted by Gasteiger charge is -2.24. The molecule has 0 unspecified atom stereocenters. The minimum atomic E-state index is -0.623. The predicted octanol–water partition coefficient (Wildman–Crippen LogP) is 6.15. The molecule has 0 fully saturated rings. The molecule has 0 spiro atoms. The third kappa shape index (κ3) is 6.71. The fourth-order valence-corrected chi connectivity index (χ4v) is 4.21. The van der Waals surface area contributed by atoms with Crippen LogP contribution in [0.3, 0.4) is 0 Å². The summed E-state index contributed by atoms with van der Waals surface area (Å²) in [7, 11) is 6.33. The Hall–Kier alpha value is -4.98. The van der Waals surface area contributed by atoms with Crippen LogP contribution in [0, 0.1) is 0 Å². The molecule has 0 saturated carbocycles. The first-order chi connectivity index (χ1) is 19.4. The van der Waals surface area contributed by atoms with Gasteiger partial charge in [0, 0.05) is 35.7 Å². The maximum atomic E-state index is 10.4. The molecule has 0 amide bonds. The van der Waals surface area contributed by atoms with Crippen LogP contribution >= 0.6 is 0 Å². The summed E-state index contributed by atoms with van der Waals surface area (Å²) < 4.78 is 22.2. The van der Waals surface area contributed by atoms with Gasteiger partial charge in [0.1, 0.15) is 46.6 Å². The van der Waals surface area contributed by atoms with Gasteiger partial charge in [-0.2, -0.15) is 0 Å². The topological polar surface area (TPSA) is 102 Å². The molecule has 40 heavy (non-hydrogen) atoms. The van der Waals surface area contributed by atoms with E-state index in [1.165, 1.54) is 0 Å². The summed E-state index contributed by atoms with van der Waals surface area (Å²) in [5.41, 5.74) is 2.61. The second kappa shape index (κ2) is 13.2. The second-order valence-electron chi connectivity index (χ2n) is 8.86. The molecule has 0 aliphatic carbocycles. The van der Waals surface area contributed by atoms with Gasteiger partial charge in [0.2, 0.25) is 0 Å². The first-order valence-electron chi connectivity index (χ1n) is 12.5. The van der Waals surface area contributed by atoms with E-state index < -0.39 is 12.1 Å². The molecule has 2 N–H and O–H groups in total. The van der Waals surface area contributed by atoms with E-state index in [4.69, 9.17) is 28.9 Å². The maximum Gasteiger partial charge on any atom is 0.124 e. The van der Waals surface area contributed by atoms with Crippen molar-refractivity contribution in [2.45, 2.75) is 12.1 Å². The van der Waals surface area contributed by atoms with E-state index in [1.54, 1.807) is 89.4 Å². The minimum absolute atomic E-state index is 0.102. The molecule has 4 rings (SSSR count). The Kier molecular flexibility index (Phi) is 9.25. The number of benzene rings is 4. The number of rotatable bonds is 11. The molecule has 0 saturated heterocycles. The SMILES string of the molecule is COc1cc(OC)cc([C@H](N=Cc2ccccc2O)[C@@H](N=Cc2ccccc2O)c2cc(OC)cc(OC)c2)c1. The quantitative estimate of drug-likeness (QED) is 0.221. The summed E-state index contributed by atoms with van der Waals surface area (Å²) in [5, 5.41) is 20.8. The lowest BCUT2D eigenvalue weighted by atomic mass is 9.93. The van der Waals surface area contributed by atoms with Crippen LogP contribution in [0.5, 0.6) is 34.5 Å². The highest BCUT2D eigenvalue weighted by Crippen LogP contribution is 2.41.